The Labute approximate surface area is 295 Å². The smallest absolute Gasteiger partial charge is 0.263 e. The first kappa shape index (κ1) is 39.9. The molecule has 2 atom stereocenters. The second kappa shape index (κ2) is 21.6. The number of azo groups is 1. The maximum atomic E-state index is 14.5. The van der Waals surface area contributed by atoms with Crippen LogP contribution in [0.3, 0.4) is 0 Å². The Balaban J connectivity index is 2.08. The van der Waals surface area contributed by atoms with Crippen molar-refractivity contribution in [2.75, 3.05) is 33.3 Å². The van der Waals surface area contributed by atoms with Crippen molar-refractivity contribution in [1.82, 2.24) is 14.8 Å². The second-order valence-corrected chi connectivity index (χ2v) is 13.8. The van der Waals surface area contributed by atoms with Crippen LogP contribution >= 0.6 is 0 Å². The average Bonchev–Trinajstić information content (AvgIpc) is 3.13. The fraction of sp³-hybridized carbons (Fsp3) is 0.675. The number of carbonyl (C=O) groups is 2. The number of methoxy groups -OCH3 is 1. The van der Waals surface area contributed by atoms with Crippen molar-refractivity contribution in [3.8, 4) is 5.88 Å². The zero-order valence-corrected chi connectivity index (χ0v) is 31.3. The number of hydrogen-bond acceptors (Lipinski definition) is 6. The molecular weight excluding hydrogens is 614 g/mol. The van der Waals surface area contributed by atoms with Crippen molar-refractivity contribution >= 4 is 23.2 Å². The van der Waals surface area contributed by atoms with Crippen LogP contribution in [0, 0.1) is 11.8 Å². The minimum Gasteiger partial charge on any atom is -0.481 e. The van der Waals surface area contributed by atoms with Crippen molar-refractivity contribution < 1.29 is 14.3 Å². The number of likely N-dealkylation sites (tertiary alicyclic amines) is 1. The molecule has 9 heteroatoms. The van der Waals surface area contributed by atoms with Gasteiger partial charge in [-0.1, -0.05) is 98.1 Å². The number of unbranched alkanes of at least 4 members (excludes halogenated alkanes) is 4. The lowest BCUT2D eigenvalue weighted by molar-refractivity contribution is 0.0684. The normalized spacial score (nSPS) is 14.6. The van der Waals surface area contributed by atoms with Gasteiger partial charge in [-0.2, -0.15) is 0 Å². The van der Waals surface area contributed by atoms with Gasteiger partial charge in [0.25, 0.3) is 17.4 Å². The summed E-state index contributed by atoms with van der Waals surface area (Å²) in [6.07, 6.45) is 15.0. The van der Waals surface area contributed by atoms with E-state index in [-0.39, 0.29) is 23.3 Å². The van der Waals surface area contributed by atoms with E-state index in [4.69, 9.17) is 4.74 Å². The molecule has 1 N–H and O–H groups in total. The Kier molecular flexibility index (Phi) is 17.6. The summed E-state index contributed by atoms with van der Waals surface area (Å²) in [5.41, 5.74) is 1.51. The number of pyridine rings is 1. The van der Waals surface area contributed by atoms with Crippen LogP contribution in [0.1, 0.15) is 151 Å². The predicted octanol–water partition coefficient (Wildman–Crippen LogP) is 10.0. The minimum atomic E-state index is -0.466. The van der Waals surface area contributed by atoms with E-state index in [1.54, 1.807) is 4.90 Å². The van der Waals surface area contributed by atoms with E-state index in [0.717, 1.165) is 103 Å². The molecule has 1 aliphatic heterocycles. The van der Waals surface area contributed by atoms with Crippen LogP contribution in [-0.2, 0) is 6.42 Å². The van der Waals surface area contributed by atoms with Gasteiger partial charge in [0.15, 0.2) is 0 Å². The number of amides is 2. The Morgan fingerprint density at radius 2 is 1.47 bits per heavy atom. The maximum absolute atomic E-state index is 14.5. The van der Waals surface area contributed by atoms with Gasteiger partial charge < -0.3 is 14.5 Å². The molecule has 1 aromatic heterocycles. The van der Waals surface area contributed by atoms with E-state index < -0.39 is 5.56 Å². The lowest BCUT2D eigenvalue weighted by Gasteiger charge is -2.31. The van der Waals surface area contributed by atoms with E-state index in [1.807, 2.05) is 24.3 Å². The molecule has 1 saturated heterocycles. The number of ether oxygens (including phenoxy) is 1. The fourth-order valence-corrected chi connectivity index (χ4v) is 6.86. The highest BCUT2D eigenvalue weighted by atomic mass is 16.5. The first-order valence-electron chi connectivity index (χ1n) is 19.3. The molecule has 1 aliphatic rings. The van der Waals surface area contributed by atoms with Gasteiger partial charge in [0.1, 0.15) is 11.3 Å². The summed E-state index contributed by atoms with van der Waals surface area (Å²) in [4.78, 5) is 48.3. The molecule has 2 unspecified atom stereocenters. The highest BCUT2D eigenvalue weighted by Crippen LogP contribution is 2.35. The van der Waals surface area contributed by atoms with Crippen LogP contribution in [0.25, 0.3) is 0 Å². The SMILES string of the molecule is CCCCCc1c(N=Nc2ccccc2C(=O)N(CC(CC)CCCC)CC(CC)CCCC)c(OC)[nH]c(=O)c1C(=O)N1CCCCC1. The van der Waals surface area contributed by atoms with Gasteiger partial charge in [0.05, 0.1) is 18.4 Å². The number of carbonyl (C=O) groups excluding carboxylic acids is 2. The van der Waals surface area contributed by atoms with Crippen LogP contribution in [0.5, 0.6) is 5.88 Å². The first-order valence-corrected chi connectivity index (χ1v) is 19.3. The summed E-state index contributed by atoms with van der Waals surface area (Å²) >= 11 is 0. The summed E-state index contributed by atoms with van der Waals surface area (Å²) < 4.78 is 5.62. The highest BCUT2D eigenvalue weighted by molar-refractivity contribution is 5.99. The Morgan fingerprint density at radius 3 is 2.04 bits per heavy atom. The summed E-state index contributed by atoms with van der Waals surface area (Å²) in [6, 6.07) is 7.38. The summed E-state index contributed by atoms with van der Waals surface area (Å²) in [5, 5.41) is 9.35. The molecule has 2 aromatic rings. The zero-order valence-electron chi connectivity index (χ0n) is 31.3. The summed E-state index contributed by atoms with van der Waals surface area (Å²) in [5.74, 6) is 0.753. The van der Waals surface area contributed by atoms with Crippen molar-refractivity contribution in [3.05, 3.63) is 51.3 Å². The molecule has 0 saturated carbocycles. The van der Waals surface area contributed by atoms with Gasteiger partial charge in [0, 0.05) is 31.7 Å². The number of rotatable bonds is 21. The van der Waals surface area contributed by atoms with Crippen molar-refractivity contribution in [3.63, 3.8) is 0 Å². The Hall–Kier alpha value is -3.49. The van der Waals surface area contributed by atoms with Crippen molar-refractivity contribution in [2.45, 2.75) is 131 Å². The lowest BCUT2D eigenvalue weighted by Crippen LogP contribution is -2.39. The molecule has 0 spiro atoms. The number of aromatic nitrogens is 1. The zero-order chi connectivity index (χ0) is 35.6. The molecule has 49 heavy (non-hydrogen) atoms. The van der Waals surface area contributed by atoms with Crippen LogP contribution in [0.2, 0.25) is 0 Å². The average molecular weight is 678 g/mol. The van der Waals surface area contributed by atoms with Gasteiger partial charge in [-0.3, -0.25) is 19.4 Å². The van der Waals surface area contributed by atoms with Crippen LogP contribution in [0.15, 0.2) is 39.3 Å². The molecule has 0 bridgehead atoms. The number of nitrogens with zero attached hydrogens (tertiary/aromatic N) is 4. The largest absolute Gasteiger partial charge is 0.481 e. The third-order valence-corrected chi connectivity index (χ3v) is 10.1. The highest BCUT2D eigenvalue weighted by Gasteiger charge is 2.29. The first-order chi connectivity index (χ1) is 23.8. The number of H-pyrrole nitrogens is 1. The molecule has 0 radical (unpaired) electrons. The molecule has 272 valence electrons. The summed E-state index contributed by atoms with van der Waals surface area (Å²) in [7, 11) is 1.48. The van der Waals surface area contributed by atoms with Gasteiger partial charge >= 0.3 is 0 Å². The standard InChI is InChI=1S/C40H63N5O4/c1-7-12-16-24-33-35(40(48)44-26-19-15-20-27-44)37(46)41-38(49-6)36(33)43-42-34-25-18-17-23-32(34)39(47)45(28-30(10-4)21-13-8-2)29-31(11-5)22-14-9-3/h17-18,23,25,30-31H,7-16,19-22,24,26-29H2,1-6H3,(H,41,46). The number of piperidine rings is 1. The van der Waals surface area contributed by atoms with E-state index >= 15 is 0 Å². The number of aromatic amines is 1. The van der Waals surface area contributed by atoms with Gasteiger partial charge in [-0.25, -0.2) is 0 Å². The molecule has 0 aliphatic carbocycles. The fourth-order valence-electron chi connectivity index (χ4n) is 6.86. The van der Waals surface area contributed by atoms with Gasteiger partial charge in [0.2, 0.25) is 5.88 Å². The Morgan fingerprint density at radius 1 is 0.857 bits per heavy atom. The molecular formula is C40H63N5O4. The second-order valence-electron chi connectivity index (χ2n) is 13.8. The monoisotopic (exact) mass is 677 g/mol. The minimum absolute atomic E-state index is 0.0305. The molecule has 2 heterocycles. The number of nitrogens with one attached hydrogen (secondary N) is 1. The molecule has 9 nitrogen and oxygen atoms in total. The predicted molar refractivity (Wildman–Crippen MR) is 200 cm³/mol. The maximum Gasteiger partial charge on any atom is 0.263 e. The van der Waals surface area contributed by atoms with E-state index in [9.17, 15) is 14.4 Å². The third-order valence-electron chi connectivity index (χ3n) is 10.1. The molecule has 3 rings (SSSR count). The summed E-state index contributed by atoms with van der Waals surface area (Å²) in [6.45, 7) is 13.7. The topological polar surface area (TPSA) is 107 Å². The lowest BCUT2D eigenvalue weighted by atomic mass is 9.95. The van der Waals surface area contributed by atoms with Gasteiger partial charge in [-0.15, -0.1) is 10.2 Å². The Bertz CT molecular complexity index is 1380. The van der Waals surface area contributed by atoms with E-state index in [0.29, 0.717) is 53.8 Å². The molecule has 2 amide bonds. The van der Waals surface area contributed by atoms with Crippen molar-refractivity contribution in [2.24, 2.45) is 22.1 Å². The number of hydrogen-bond donors (Lipinski definition) is 1. The molecule has 1 aromatic carbocycles. The van der Waals surface area contributed by atoms with Crippen LogP contribution in [-0.4, -0.2) is 59.9 Å². The van der Waals surface area contributed by atoms with Crippen molar-refractivity contribution in [1.29, 1.82) is 0 Å². The van der Waals surface area contributed by atoms with Crippen LogP contribution < -0.4 is 10.3 Å². The third kappa shape index (κ3) is 11.5. The van der Waals surface area contributed by atoms with E-state index in [2.05, 4.69) is 54.7 Å². The quantitative estimate of drug-likeness (QED) is 0.105. The number of benzene rings is 1. The van der Waals surface area contributed by atoms with Crippen LogP contribution in [0.4, 0.5) is 11.4 Å². The molecule has 1 fully saturated rings. The van der Waals surface area contributed by atoms with Gasteiger partial charge in [-0.05, 0) is 68.9 Å². The van der Waals surface area contributed by atoms with E-state index in [1.165, 1.54) is 7.11 Å².